The summed E-state index contributed by atoms with van der Waals surface area (Å²) in [7, 11) is 0. The standard InChI is InChI=1S/C20H19N3O2S2/c1-13-6-3-4-9-17(13)19(25)22-15-7-5-8-16(12-15)27-14(2)18(24)23-20-21-10-11-26-20/h3-12,14H,1-2H3,(H,22,25)(H,21,23,24). The van der Waals surface area contributed by atoms with Crippen LogP contribution in [0.15, 0.2) is 65.0 Å². The molecule has 7 heteroatoms. The number of thioether (sulfide) groups is 1. The zero-order valence-corrected chi connectivity index (χ0v) is 16.6. The van der Waals surface area contributed by atoms with Crippen molar-refractivity contribution in [2.75, 3.05) is 10.6 Å². The van der Waals surface area contributed by atoms with Crippen molar-refractivity contribution in [1.82, 2.24) is 4.98 Å². The number of anilines is 2. The van der Waals surface area contributed by atoms with Gasteiger partial charge in [0.15, 0.2) is 5.13 Å². The van der Waals surface area contributed by atoms with Gasteiger partial charge >= 0.3 is 0 Å². The smallest absolute Gasteiger partial charge is 0.255 e. The van der Waals surface area contributed by atoms with Gasteiger partial charge in [0.2, 0.25) is 5.91 Å². The molecular weight excluding hydrogens is 378 g/mol. The minimum atomic E-state index is -0.295. The molecule has 2 aromatic carbocycles. The average Bonchev–Trinajstić information content (AvgIpc) is 3.15. The predicted octanol–water partition coefficient (Wildman–Crippen LogP) is 4.82. The number of hydrogen-bond donors (Lipinski definition) is 2. The van der Waals surface area contributed by atoms with Crippen molar-refractivity contribution in [2.24, 2.45) is 0 Å². The molecule has 27 heavy (non-hydrogen) atoms. The lowest BCUT2D eigenvalue weighted by Crippen LogP contribution is -2.22. The fourth-order valence-electron chi connectivity index (χ4n) is 2.42. The Kier molecular flexibility index (Phi) is 6.26. The van der Waals surface area contributed by atoms with Crippen LogP contribution in [0.4, 0.5) is 10.8 Å². The Labute approximate surface area is 166 Å². The largest absolute Gasteiger partial charge is 0.322 e. The van der Waals surface area contributed by atoms with Crippen molar-refractivity contribution in [1.29, 1.82) is 0 Å². The molecule has 0 fully saturated rings. The van der Waals surface area contributed by atoms with Crippen LogP contribution in [0.3, 0.4) is 0 Å². The fourth-order valence-corrected chi connectivity index (χ4v) is 3.88. The first-order valence-electron chi connectivity index (χ1n) is 8.37. The lowest BCUT2D eigenvalue weighted by molar-refractivity contribution is -0.115. The van der Waals surface area contributed by atoms with E-state index in [1.54, 1.807) is 12.3 Å². The second kappa shape index (κ2) is 8.83. The van der Waals surface area contributed by atoms with Crippen molar-refractivity contribution in [3.05, 3.63) is 71.2 Å². The van der Waals surface area contributed by atoms with E-state index in [4.69, 9.17) is 0 Å². The third-order valence-electron chi connectivity index (χ3n) is 3.83. The molecule has 1 aromatic heterocycles. The second-order valence-corrected chi connectivity index (χ2v) is 8.19. The van der Waals surface area contributed by atoms with Gasteiger partial charge in [-0.1, -0.05) is 24.3 Å². The van der Waals surface area contributed by atoms with Gasteiger partial charge < -0.3 is 10.6 Å². The minimum Gasteiger partial charge on any atom is -0.322 e. The quantitative estimate of drug-likeness (QED) is 0.585. The van der Waals surface area contributed by atoms with Crippen molar-refractivity contribution < 1.29 is 9.59 Å². The van der Waals surface area contributed by atoms with E-state index >= 15 is 0 Å². The Hall–Kier alpha value is -2.64. The highest BCUT2D eigenvalue weighted by Crippen LogP contribution is 2.27. The van der Waals surface area contributed by atoms with Crippen LogP contribution in [-0.4, -0.2) is 22.0 Å². The maximum Gasteiger partial charge on any atom is 0.255 e. The summed E-state index contributed by atoms with van der Waals surface area (Å²) in [5, 5.41) is 7.82. The maximum atomic E-state index is 12.5. The molecule has 3 rings (SSSR count). The van der Waals surface area contributed by atoms with Crippen molar-refractivity contribution in [3.8, 4) is 0 Å². The van der Waals surface area contributed by atoms with E-state index in [1.807, 2.05) is 61.7 Å². The molecule has 1 heterocycles. The van der Waals surface area contributed by atoms with E-state index in [0.717, 1.165) is 10.5 Å². The highest BCUT2D eigenvalue weighted by molar-refractivity contribution is 8.00. The van der Waals surface area contributed by atoms with Gasteiger partial charge in [-0.2, -0.15) is 0 Å². The van der Waals surface area contributed by atoms with Crippen LogP contribution < -0.4 is 10.6 Å². The number of nitrogens with zero attached hydrogens (tertiary/aromatic N) is 1. The molecule has 1 unspecified atom stereocenters. The Morgan fingerprint density at radius 2 is 1.93 bits per heavy atom. The molecule has 0 aliphatic heterocycles. The molecule has 5 nitrogen and oxygen atoms in total. The zero-order valence-electron chi connectivity index (χ0n) is 14.9. The van der Waals surface area contributed by atoms with Crippen LogP contribution in [0.1, 0.15) is 22.8 Å². The molecular formula is C20H19N3O2S2. The summed E-state index contributed by atoms with van der Waals surface area (Å²) in [4.78, 5) is 29.7. The number of aromatic nitrogens is 1. The highest BCUT2D eigenvalue weighted by atomic mass is 32.2. The first kappa shape index (κ1) is 19.1. The Morgan fingerprint density at radius 3 is 2.67 bits per heavy atom. The monoisotopic (exact) mass is 397 g/mol. The van der Waals surface area contributed by atoms with Crippen LogP contribution in [0.25, 0.3) is 0 Å². The second-order valence-electron chi connectivity index (χ2n) is 5.88. The molecule has 1 atom stereocenters. The van der Waals surface area contributed by atoms with Crippen LogP contribution in [-0.2, 0) is 4.79 Å². The van der Waals surface area contributed by atoms with E-state index in [-0.39, 0.29) is 17.1 Å². The summed E-state index contributed by atoms with van der Waals surface area (Å²) < 4.78 is 0. The zero-order chi connectivity index (χ0) is 19.2. The van der Waals surface area contributed by atoms with Gasteiger partial charge in [0.25, 0.3) is 5.91 Å². The van der Waals surface area contributed by atoms with Crippen molar-refractivity contribution in [3.63, 3.8) is 0 Å². The van der Waals surface area contributed by atoms with Gasteiger partial charge in [-0.15, -0.1) is 23.1 Å². The van der Waals surface area contributed by atoms with E-state index in [1.165, 1.54) is 23.1 Å². The minimum absolute atomic E-state index is 0.107. The number of carbonyl (C=O) groups excluding carboxylic acids is 2. The number of benzene rings is 2. The SMILES string of the molecule is Cc1ccccc1C(=O)Nc1cccc(SC(C)C(=O)Nc2nccs2)c1. The normalized spacial score (nSPS) is 11.6. The van der Waals surface area contributed by atoms with E-state index in [9.17, 15) is 9.59 Å². The van der Waals surface area contributed by atoms with Crippen molar-refractivity contribution in [2.45, 2.75) is 24.0 Å². The number of amides is 2. The highest BCUT2D eigenvalue weighted by Gasteiger charge is 2.16. The number of nitrogens with one attached hydrogen (secondary N) is 2. The topological polar surface area (TPSA) is 71.1 Å². The molecule has 2 N–H and O–H groups in total. The van der Waals surface area contributed by atoms with Gasteiger partial charge in [0.05, 0.1) is 5.25 Å². The molecule has 0 saturated heterocycles. The molecule has 2 amide bonds. The van der Waals surface area contributed by atoms with E-state index in [2.05, 4.69) is 15.6 Å². The molecule has 0 radical (unpaired) electrons. The van der Waals surface area contributed by atoms with Crippen molar-refractivity contribution >= 4 is 45.7 Å². The lowest BCUT2D eigenvalue weighted by Gasteiger charge is -2.12. The molecule has 0 spiro atoms. The van der Waals surface area contributed by atoms with Gasteiger partial charge in [0, 0.05) is 27.7 Å². The third kappa shape index (κ3) is 5.18. The third-order valence-corrected chi connectivity index (χ3v) is 5.61. The summed E-state index contributed by atoms with van der Waals surface area (Å²) >= 11 is 2.81. The average molecular weight is 398 g/mol. The Morgan fingerprint density at radius 1 is 1.11 bits per heavy atom. The molecule has 0 aliphatic carbocycles. The number of carbonyl (C=O) groups is 2. The Bertz CT molecular complexity index is 942. The van der Waals surface area contributed by atoms with Gasteiger partial charge in [-0.05, 0) is 43.7 Å². The van der Waals surface area contributed by atoms with E-state index in [0.29, 0.717) is 16.4 Å². The predicted molar refractivity (Wildman–Crippen MR) is 112 cm³/mol. The van der Waals surface area contributed by atoms with Crippen LogP contribution in [0, 0.1) is 6.92 Å². The van der Waals surface area contributed by atoms with Gasteiger partial charge in [-0.3, -0.25) is 9.59 Å². The summed E-state index contributed by atoms with van der Waals surface area (Å²) in [5.41, 5.74) is 2.26. The van der Waals surface area contributed by atoms with Crippen LogP contribution in [0.5, 0.6) is 0 Å². The summed E-state index contributed by atoms with van der Waals surface area (Å²) in [6.45, 7) is 3.75. The molecule has 0 aliphatic rings. The van der Waals surface area contributed by atoms with Crippen LogP contribution >= 0.6 is 23.1 Å². The summed E-state index contributed by atoms with van der Waals surface area (Å²) in [6.07, 6.45) is 1.65. The number of rotatable bonds is 6. The number of thiazole rings is 1. The lowest BCUT2D eigenvalue weighted by atomic mass is 10.1. The summed E-state index contributed by atoms with van der Waals surface area (Å²) in [6, 6.07) is 14.9. The van der Waals surface area contributed by atoms with Crippen LogP contribution in [0.2, 0.25) is 0 Å². The van der Waals surface area contributed by atoms with E-state index < -0.39 is 0 Å². The first-order chi connectivity index (χ1) is 13.0. The number of hydrogen-bond acceptors (Lipinski definition) is 5. The maximum absolute atomic E-state index is 12.5. The first-order valence-corrected chi connectivity index (χ1v) is 10.1. The molecule has 3 aromatic rings. The molecule has 138 valence electrons. The van der Waals surface area contributed by atoms with Gasteiger partial charge in [-0.25, -0.2) is 4.98 Å². The molecule has 0 saturated carbocycles. The number of aryl methyl sites for hydroxylation is 1. The van der Waals surface area contributed by atoms with Gasteiger partial charge in [0.1, 0.15) is 0 Å². The Balaban J connectivity index is 1.64. The summed E-state index contributed by atoms with van der Waals surface area (Å²) in [5.74, 6) is -0.255. The fraction of sp³-hybridized carbons (Fsp3) is 0.150. The molecule has 0 bridgehead atoms.